The average Bonchev–Trinajstić information content (AvgIpc) is 3.23. The molecule has 1 aliphatic heterocycles. The summed E-state index contributed by atoms with van der Waals surface area (Å²) in [5.74, 6) is 1.09. The maximum atomic E-state index is 12.7. The van der Waals surface area contributed by atoms with Crippen molar-refractivity contribution in [2.75, 3.05) is 11.9 Å². The summed E-state index contributed by atoms with van der Waals surface area (Å²) >= 11 is 13.8. The van der Waals surface area contributed by atoms with E-state index in [2.05, 4.69) is 36.3 Å². The zero-order valence-corrected chi connectivity index (χ0v) is 23.7. The minimum Gasteiger partial charge on any atom is -0.490 e. The predicted molar refractivity (Wildman–Crippen MR) is 159 cm³/mol. The first-order valence-corrected chi connectivity index (χ1v) is 14.1. The average molecular weight is 570 g/mol. The second-order valence-corrected chi connectivity index (χ2v) is 10.6. The number of carbonyl (C=O) groups is 1. The van der Waals surface area contributed by atoms with Gasteiger partial charge in [0.2, 0.25) is 0 Å². The van der Waals surface area contributed by atoms with Crippen molar-refractivity contribution in [2.45, 2.75) is 38.8 Å². The summed E-state index contributed by atoms with van der Waals surface area (Å²) in [6.07, 6.45) is 5.23. The fourth-order valence-corrected chi connectivity index (χ4v) is 5.44. The molecule has 4 rings (SSSR count). The number of amides is 1. The van der Waals surface area contributed by atoms with Crippen LogP contribution in [0.15, 0.2) is 72.2 Å². The Bertz CT molecular complexity index is 1340. The Morgan fingerprint density at radius 1 is 1.05 bits per heavy atom. The van der Waals surface area contributed by atoms with Crippen molar-refractivity contribution in [3.05, 3.63) is 104 Å². The van der Waals surface area contributed by atoms with E-state index in [1.807, 2.05) is 49.4 Å². The highest BCUT2D eigenvalue weighted by Gasteiger charge is 2.27. The van der Waals surface area contributed by atoms with Crippen molar-refractivity contribution in [3.8, 4) is 11.5 Å². The molecule has 1 saturated heterocycles. The van der Waals surface area contributed by atoms with E-state index in [9.17, 15) is 4.79 Å². The maximum Gasteiger partial charge on any atom is 0.260 e. The van der Waals surface area contributed by atoms with E-state index < -0.39 is 0 Å². The van der Waals surface area contributed by atoms with Crippen LogP contribution in [-0.2, 0) is 24.2 Å². The molecule has 3 aromatic rings. The molecule has 3 aromatic carbocycles. The molecule has 8 heteroatoms. The number of aryl methyl sites for hydroxylation is 1. The lowest BCUT2D eigenvalue weighted by molar-refractivity contribution is -0.116. The number of hydrogen-bond acceptors (Lipinski definition) is 5. The van der Waals surface area contributed by atoms with Gasteiger partial charge in [-0.25, -0.2) is 0 Å². The third-order valence-corrected chi connectivity index (χ3v) is 7.51. The smallest absolute Gasteiger partial charge is 0.260 e. The van der Waals surface area contributed by atoms with Crippen molar-refractivity contribution in [3.63, 3.8) is 0 Å². The Balaban J connectivity index is 1.56. The lowest BCUT2D eigenvalue weighted by Gasteiger charge is -2.17. The summed E-state index contributed by atoms with van der Waals surface area (Å²) in [5.41, 5.74) is 4.52. The first kappa shape index (κ1) is 28.0. The Morgan fingerprint density at radius 2 is 1.84 bits per heavy atom. The van der Waals surface area contributed by atoms with Crippen molar-refractivity contribution in [1.82, 2.24) is 5.32 Å². The summed E-state index contributed by atoms with van der Waals surface area (Å²) in [4.78, 5) is 13.4. The summed E-state index contributed by atoms with van der Waals surface area (Å²) in [7, 11) is 0. The highest BCUT2D eigenvalue weighted by Crippen LogP contribution is 2.37. The number of ether oxygens (including phenoxy) is 2. The van der Waals surface area contributed by atoms with Gasteiger partial charge in [-0.2, -0.15) is 0 Å². The lowest BCUT2D eigenvalue weighted by Crippen LogP contribution is -2.30. The van der Waals surface area contributed by atoms with E-state index in [4.69, 9.17) is 32.7 Å². The van der Waals surface area contributed by atoms with Gasteiger partial charge >= 0.3 is 0 Å². The third kappa shape index (κ3) is 7.07. The van der Waals surface area contributed by atoms with Crippen molar-refractivity contribution in [1.29, 1.82) is 0 Å². The Morgan fingerprint density at radius 3 is 2.53 bits per heavy atom. The molecule has 0 unspecified atom stereocenters. The van der Waals surface area contributed by atoms with Crippen LogP contribution in [-0.4, -0.2) is 18.0 Å². The summed E-state index contributed by atoms with van der Waals surface area (Å²) in [5, 5.41) is 7.46. The van der Waals surface area contributed by atoms with Gasteiger partial charge < -0.3 is 20.1 Å². The van der Waals surface area contributed by atoms with Gasteiger partial charge in [0.15, 0.2) is 17.0 Å². The van der Waals surface area contributed by atoms with Crippen LogP contribution < -0.4 is 20.1 Å². The largest absolute Gasteiger partial charge is 0.490 e. The minimum atomic E-state index is -0.257. The summed E-state index contributed by atoms with van der Waals surface area (Å²) in [6.45, 7) is 8.66. The molecular formula is C30H30Cl2N2O3S. The highest BCUT2D eigenvalue weighted by molar-refractivity contribution is 8.05. The number of hydrogen-bond donors (Lipinski definition) is 2. The van der Waals surface area contributed by atoms with E-state index in [1.54, 1.807) is 12.1 Å². The fraction of sp³-hybridized carbons (Fsp3) is 0.233. The van der Waals surface area contributed by atoms with Gasteiger partial charge in [-0.15, -0.1) is 6.58 Å². The van der Waals surface area contributed by atoms with Crippen LogP contribution in [0.3, 0.4) is 0 Å². The molecule has 1 amide bonds. The van der Waals surface area contributed by atoms with Crippen LogP contribution in [0.25, 0.3) is 6.08 Å². The maximum absolute atomic E-state index is 12.7. The van der Waals surface area contributed by atoms with E-state index in [-0.39, 0.29) is 18.0 Å². The minimum absolute atomic E-state index is 0.126. The standard InChI is InChI=1S/C30H30Cl2N2O3S/c1-4-7-21-14-20(15-26(36-6-3)28(21)37-18-22-10-11-23(31)17-25(22)32)16-27-29(35)34-30(38-27)33-24-12-8-19(5-2)9-13-24/h4,8-17,30,33H,1,5-7,18H2,2-3H3,(H,34,35)/b27-16-/t30-/m0/s1. The Labute approximate surface area is 238 Å². The van der Waals surface area contributed by atoms with Crippen molar-refractivity contribution in [2.24, 2.45) is 0 Å². The van der Waals surface area contributed by atoms with Crippen molar-refractivity contribution >= 4 is 52.6 Å². The highest BCUT2D eigenvalue weighted by atomic mass is 35.5. The number of nitrogens with one attached hydrogen (secondary N) is 2. The quantitative estimate of drug-likeness (QED) is 0.182. The van der Waals surface area contributed by atoms with Gasteiger partial charge in [-0.3, -0.25) is 4.79 Å². The number of carbonyl (C=O) groups excluding carboxylic acids is 1. The molecule has 5 nitrogen and oxygen atoms in total. The number of anilines is 1. The van der Waals surface area contributed by atoms with Crippen LogP contribution in [0.4, 0.5) is 5.69 Å². The normalized spacial score (nSPS) is 15.8. The van der Waals surface area contributed by atoms with Crippen LogP contribution in [0.5, 0.6) is 11.5 Å². The number of thioether (sulfide) groups is 1. The van der Waals surface area contributed by atoms with Gasteiger partial charge in [0.05, 0.1) is 11.5 Å². The molecule has 0 spiro atoms. The van der Waals surface area contributed by atoms with E-state index in [0.717, 1.165) is 28.8 Å². The van der Waals surface area contributed by atoms with E-state index >= 15 is 0 Å². The van der Waals surface area contributed by atoms with Gasteiger partial charge in [0, 0.05) is 26.9 Å². The number of halogens is 2. The zero-order chi connectivity index (χ0) is 27.1. The molecule has 1 atom stereocenters. The fourth-order valence-electron chi connectivity index (χ4n) is 3.99. The first-order valence-electron chi connectivity index (χ1n) is 12.4. The first-order chi connectivity index (χ1) is 18.4. The van der Waals surface area contributed by atoms with Crippen LogP contribution >= 0.6 is 35.0 Å². The van der Waals surface area contributed by atoms with Crippen LogP contribution in [0, 0.1) is 0 Å². The predicted octanol–water partition coefficient (Wildman–Crippen LogP) is 7.86. The number of rotatable bonds is 11. The Hall–Kier alpha value is -3.06. The number of allylic oxidation sites excluding steroid dienone is 1. The van der Waals surface area contributed by atoms with Gasteiger partial charge in [-0.05, 0) is 73.4 Å². The monoisotopic (exact) mass is 568 g/mol. The SMILES string of the molecule is C=CCc1cc(/C=C2\S[C@@H](Nc3ccc(CC)cc3)NC2=O)cc(OCC)c1OCc1ccc(Cl)cc1Cl. The molecule has 0 saturated carbocycles. The molecule has 0 aliphatic carbocycles. The molecule has 0 radical (unpaired) electrons. The van der Waals surface area contributed by atoms with Gasteiger partial charge in [0.1, 0.15) is 6.61 Å². The third-order valence-electron chi connectivity index (χ3n) is 5.89. The van der Waals surface area contributed by atoms with Gasteiger partial charge in [0.25, 0.3) is 5.91 Å². The summed E-state index contributed by atoms with van der Waals surface area (Å²) in [6, 6.07) is 17.4. The molecular weight excluding hydrogens is 539 g/mol. The molecule has 0 aromatic heterocycles. The lowest BCUT2D eigenvalue weighted by atomic mass is 10.0. The molecule has 38 heavy (non-hydrogen) atoms. The second-order valence-electron chi connectivity index (χ2n) is 8.63. The molecule has 1 fully saturated rings. The van der Waals surface area contributed by atoms with Gasteiger partial charge in [-0.1, -0.05) is 66.2 Å². The Kier molecular flexibility index (Phi) is 9.67. The van der Waals surface area contributed by atoms with Crippen molar-refractivity contribution < 1.29 is 14.3 Å². The molecule has 198 valence electrons. The zero-order valence-electron chi connectivity index (χ0n) is 21.4. The topological polar surface area (TPSA) is 59.6 Å². The molecule has 1 heterocycles. The molecule has 1 aliphatic rings. The number of benzene rings is 3. The van der Waals surface area contributed by atoms with Crippen LogP contribution in [0.2, 0.25) is 10.0 Å². The molecule has 0 bridgehead atoms. The second kappa shape index (κ2) is 13.1. The summed E-state index contributed by atoms with van der Waals surface area (Å²) < 4.78 is 12.2. The van der Waals surface area contributed by atoms with E-state index in [1.165, 1.54) is 17.3 Å². The van der Waals surface area contributed by atoms with E-state index in [0.29, 0.717) is 39.5 Å². The molecule has 2 N–H and O–H groups in total. The van der Waals surface area contributed by atoms with Crippen LogP contribution in [0.1, 0.15) is 36.1 Å².